The summed E-state index contributed by atoms with van der Waals surface area (Å²) in [7, 11) is 0. The first kappa shape index (κ1) is 12.0. The number of hydrogen-bond acceptors (Lipinski definition) is 2. The summed E-state index contributed by atoms with van der Waals surface area (Å²) in [6.45, 7) is 0. The van der Waals surface area contributed by atoms with Gasteiger partial charge in [0.25, 0.3) is 0 Å². The summed E-state index contributed by atoms with van der Waals surface area (Å²) in [5, 5.41) is 0.716. The second kappa shape index (κ2) is 5.27. The Morgan fingerprint density at radius 3 is 2.81 bits per heavy atom. The quantitative estimate of drug-likeness (QED) is 0.701. The maximum Gasteiger partial charge on any atom is 0.138 e. The Morgan fingerprint density at radius 1 is 1.31 bits per heavy atom. The lowest BCUT2D eigenvalue weighted by Gasteiger charge is -2.12. The molecule has 0 spiro atoms. The van der Waals surface area contributed by atoms with Crippen LogP contribution in [-0.2, 0) is 4.79 Å². The predicted molar refractivity (Wildman–Crippen MR) is 74.7 cm³/mol. The maximum absolute atomic E-state index is 11.3. The molecular formula is C12H11ClINO. The molecule has 1 aromatic carbocycles. The highest BCUT2D eigenvalue weighted by Gasteiger charge is 2.14. The number of nitrogens with zero attached hydrogens (tertiary/aromatic N) is 1. The predicted octanol–water partition coefficient (Wildman–Crippen LogP) is 4.16. The zero-order valence-corrected chi connectivity index (χ0v) is 11.6. The Labute approximate surface area is 113 Å². The standard InChI is InChI=1S/C12H11ClINO/c13-8-4-5-12(11(14)6-8)15-9-2-1-3-10(16)7-9/h4-6H,1-3,7H2. The number of ketones is 1. The van der Waals surface area contributed by atoms with Gasteiger partial charge in [0.2, 0.25) is 0 Å². The SMILES string of the molecule is O=C1CCCC(=Nc2ccc(Cl)cc2I)C1. The summed E-state index contributed by atoms with van der Waals surface area (Å²) >= 11 is 8.09. The van der Waals surface area contributed by atoms with Crippen LogP contribution in [-0.4, -0.2) is 11.5 Å². The number of Topliss-reactive ketones (excluding diaryl/α,β-unsaturated/α-hetero) is 1. The molecule has 4 heteroatoms. The van der Waals surface area contributed by atoms with Gasteiger partial charge in [-0.1, -0.05) is 11.6 Å². The van der Waals surface area contributed by atoms with Gasteiger partial charge >= 0.3 is 0 Å². The monoisotopic (exact) mass is 347 g/mol. The van der Waals surface area contributed by atoms with Crippen molar-refractivity contribution in [1.29, 1.82) is 0 Å². The van der Waals surface area contributed by atoms with Gasteiger partial charge in [0, 0.05) is 27.1 Å². The van der Waals surface area contributed by atoms with E-state index in [1.54, 1.807) is 0 Å². The number of rotatable bonds is 1. The molecular weight excluding hydrogens is 336 g/mol. The Morgan fingerprint density at radius 2 is 2.12 bits per heavy atom. The molecule has 1 aliphatic carbocycles. The first-order valence-corrected chi connectivity index (χ1v) is 6.64. The zero-order valence-electron chi connectivity index (χ0n) is 8.67. The normalized spacial score (nSPS) is 19.1. The summed E-state index contributed by atoms with van der Waals surface area (Å²) in [5.41, 5.74) is 1.91. The van der Waals surface area contributed by atoms with Crippen LogP contribution in [0.25, 0.3) is 0 Å². The van der Waals surface area contributed by atoms with Crippen LogP contribution in [0.5, 0.6) is 0 Å². The van der Waals surface area contributed by atoms with Crippen LogP contribution in [0, 0.1) is 3.57 Å². The van der Waals surface area contributed by atoms with Crippen molar-refractivity contribution in [2.75, 3.05) is 0 Å². The fraction of sp³-hybridized carbons (Fsp3) is 0.333. The summed E-state index contributed by atoms with van der Waals surface area (Å²) < 4.78 is 1.02. The highest BCUT2D eigenvalue weighted by atomic mass is 127. The van der Waals surface area contributed by atoms with Crippen molar-refractivity contribution in [1.82, 2.24) is 0 Å². The van der Waals surface area contributed by atoms with Crippen LogP contribution >= 0.6 is 34.2 Å². The lowest BCUT2D eigenvalue weighted by Crippen LogP contribution is -2.14. The molecule has 0 amide bonds. The molecule has 0 bridgehead atoms. The summed E-state index contributed by atoms with van der Waals surface area (Å²) in [5.74, 6) is 0.300. The molecule has 84 valence electrons. The van der Waals surface area contributed by atoms with E-state index in [0.717, 1.165) is 27.8 Å². The minimum atomic E-state index is 0.300. The second-order valence-corrected chi connectivity index (χ2v) is 5.44. The Balaban J connectivity index is 2.24. The molecule has 0 aromatic heterocycles. The van der Waals surface area contributed by atoms with Crippen molar-refractivity contribution in [2.45, 2.75) is 25.7 Å². The summed E-state index contributed by atoms with van der Waals surface area (Å²) in [4.78, 5) is 15.8. The Kier molecular flexibility index (Phi) is 3.97. The minimum absolute atomic E-state index is 0.300. The van der Waals surface area contributed by atoms with Crippen molar-refractivity contribution in [2.24, 2.45) is 4.99 Å². The molecule has 0 radical (unpaired) electrons. The van der Waals surface area contributed by atoms with Crippen LogP contribution in [0.4, 0.5) is 5.69 Å². The third-order valence-electron chi connectivity index (χ3n) is 2.51. The van der Waals surface area contributed by atoms with Crippen molar-refractivity contribution < 1.29 is 4.79 Å². The first-order valence-electron chi connectivity index (χ1n) is 5.18. The largest absolute Gasteiger partial charge is 0.299 e. The van der Waals surface area contributed by atoms with E-state index in [1.807, 2.05) is 18.2 Å². The van der Waals surface area contributed by atoms with E-state index in [4.69, 9.17) is 11.6 Å². The van der Waals surface area contributed by atoms with Crippen molar-refractivity contribution in [3.05, 3.63) is 26.8 Å². The van der Waals surface area contributed by atoms with Gasteiger partial charge < -0.3 is 0 Å². The van der Waals surface area contributed by atoms with Gasteiger partial charge in [0.1, 0.15) is 5.78 Å². The lowest BCUT2D eigenvalue weighted by atomic mass is 9.97. The van der Waals surface area contributed by atoms with Gasteiger partial charge in [-0.2, -0.15) is 0 Å². The molecule has 0 heterocycles. The van der Waals surface area contributed by atoms with Crippen LogP contribution in [0.15, 0.2) is 23.2 Å². The number of carbonyl (C=O) groups excluding carboxylic acids is 1. The molecule has 0 atom stereocenters. The number of carbonyl (C=O) groups is 1. The van der Waals surface area contributed by atoms with Crippen molar-refractivity contribution in [3.8, 4) is 0 Å². The summed E-state index contributed by atoms with van der Waals surface area (Å²) in [6.07, 6.45) is 3.09. The van der Waals surface area contributed by atoms with E-state index >= 15 is 0 Å². The second-order valence-electron chi connectivity index (χ2n) is 3.84. The highest BCUT2D eigenvalue weighted by molar-refractivity contribution is 14.1. The Hall–Kier alpha value is -0.420. The van der Waals surface area contributed by atoms with E-state index < -0.39 is 0 Å². The van der Waals surface area contributed by atoms with Gasteiger partial charge in [-0.05, 0) is 53.6 Å². The van der Waals surface area contributed by atoms with Crippen molar-refractivity contribution in [3.63, 3.8) is 0 Å². The minimum Gasteiger partial charge on any atom is -0.299 e. The molecule has 1 fully saturated rings. The number of aliphatic imine (C=N–C) groups is 1. The first-order chi connectivity index (χ1) is 7.65. The van der Waals surface area contributed by atoms with E-state index in [2.05, 4.69) is 27.6 Å². The highest BCUT2D eigenvalue weighted by Crippen LogP contribution is 2.26. The average molecular weight is 348 g/mol. The van der Waals surface area contributed by atoms with E-state index in [-0.39, 0.29) is 0 Å². The van der Waals surface area contributed by atoms with E-state index in [9.17, 15) is 4.79 Å². The van der Waals surface area contributed by atoms with Gasteiger partial charge in [0.15, 0.2) is 0 Å². The average Bonchev–Trinajstić information content (AvgIpc) is 2.22. The molecule has 1 aliphatic rings. The van der Waals surface area contributed by atoms with Gasteiger partial charge in [0.05, 0.1) is 5.69 Å². The van der Waals surface area contributed by atoms with E-state index in [0.29, 0.717) is 23.6 Å². The molecule has 2 rings (SSSR count). The third-order valence-corrected chi connectivity index (χ3v) is 3.61. The topological polar surface area (TPSA) is 29.4 Å². The van der Waals surface area contributed by atoms with Crippen molar-refractivity contribution >= 4 is 51.4 Å². The molecule has 2 nitrogen and oxygen atoms in total. The van der Waals surface area contributed by atoms with Gasteiger partial charge in [-0.25, -0.2) is 0 Å². The Bertz CT molecular complexity index is 456. The molecule has 1 aromatic rings. The lowest BCUT2D eigenvalue weighted by molar-refractivity contribution is -0.118. The number of benzene rings is 1. The fourth-order valence-corrected chi connectivity index (χ4v) is 2.72. The zero-order chi connectivity index (χ0) is 11.5. The van der Waals surface area contributed by atoms with Crippen LogP contribution < -0.4 is 0 Å². The molecule has 1 saturated carbocycles. The van der Waals surface area contributed by atoms with Crippen LogP contribution in [0.1, 0.15) is 25.7 Å². The molecule has 0 aliphatic heterocycles. The maximum atomic E-state index is 11.3. The molecule has 16 heavy (non-hydrogen) atoms. The summed E-state index contributed by atoms with van der Waals surface area (Å²) in [6, 6.07) is 5.61. The molecule has 0 unspecified atom stereocenters. The molecule has 0 saturated heterocycles. The number of hydrogen-bond donors (Lipinski definition) is 0. The van der Waals surface area contributed by atoms with E-state index in [1.165, 1.54) is 0 Å². The van der Waals surface area contributed by atoms with Gasteiger partial charge in [-0.15, -0.1) is 0 Å². The number of halogens is 2. The van der Waals surface area contributed by atoms with Gasteiger partial charge in [-0.3, -0.25) is 9.79 Å². The van der Waals surface area contributed by atoms with Crippen LogP contribution in [0.3, 0.4) is 0 Å². The molecule has 0 N–H and O–H groups in total. The third kappa shape index (κ3) is 3.04. The fourth-order valence-electron chi connectivity index (χ4n) is 1.73. The van der Waals surface area contributed by atoms with Crippen LogP contribution in [0.2, 0.25) is 5.02 Å². The smallest absolute Gasteiger partial charge is 0.138 e.